The summed E-state index contributed by atoms with van der Waals surface area (Å²) in [6, 6.07) is 6.09. The van der Waals surface area contributed by atoms with Gasteiger partial charge in [-0.3, -0.25) is 19.9 Å². The molecule has 0 aliphatic heterocycles. The van der Waals surface area contributed by atoms with Gasteiger partial charge in [0.25, 0.3) is 5.91 Å². The molecule has 17 heavy (non-hydrogen) atoms. The summed E-state index contributed by atoms with van der Waals surface area (Å²) in [4.78, 5) is 24.9. The third kappa shape index (κ3) is 1.98. The second-order valence-corrected chi connectivity index (χ2v) is 3.16. The van der Waals surface area contributed by atoms with Gasteiger partial charge in [0.1, 0.15) is 4.92 Å². The van der Waals surface area contributed by atoms with E-state index < -0.39 is 16.7 Å². The fourth-order valence-electron chi connectivity index (χ4n) is 1.36. The third-order valence-electron chi connectivity index (χ3n) is 2.06. The molecule has 86 valence electrons. The Bertz CT molecular complexity index is 576. The van der Waals surface area contributed by atoms with Crippen LogP contribution in [0.3, 0.4) is 0 Å². The van der Waals surface area contributed by atoms with Gasteiger partial charge in [0.15, 0.2) is 0 Å². The second kappa shape index (κ2) is 4.05. The quantitative estimate of drug-likeness (QED) is 0.635. The summed E-state index contributed by atoms with van der Waals surface area (Å²) in [5.74, 6) is -1.69. The standard InChI is InChI=1S/C10H7N3O4/c11-10(14)9-6(5-8(17-9)13(15)16)7-3-1-2-4-12-7/h1-5H,(H2,11,14). The highest BCUT2D eigenvalue weighted by molar-refractivity contribution is 5.97. The molecule has 2 aromatic rings. The van der Waals surface area contributed by atoms with Gasteiger partial charge in [-0.05, 0) is 12.1 Å². The maximum atomic E-state index is 11.1. The first kappa shape index (κ1) is 10.8. The van der Waals surface area contributed by atoms with Crippen LogP contribution in [0.4, 0.5) is 5.88 Å². The number of hydrogen-bond acceptors (Lipinski definition) is 5. The Kier molecular flexibility index (Phi) is 2.57. The van der Waals surface area contributed by atoms with Crippen LogP contribution in [-0.2, 0) is 0 Å². The number of aromatic nitrogens is 1. The molecule has 0 aromatic carbocycles. The Morgan fingerprint density at radius 3 is 2.76 bits per heavy atom. The summed E-state index contributed by atoms with van der Waals surface area (Å²) in [6.07, 6.45) is 1.50. The van der Waals surface area contributed by atoms with Crippen molar-refractivity contribution in [3.63, 3.8) is 0 Å². The van der Waals surface area contributed by atoms with Gasteiger partial charge in [-0.25, -0.2) is 0 Å². The fourth-order valence-corrected chi connectivity index (χ4v) is 1.36. The number of pyridine rings is 1. The van der Waals surface area contributed by atoms with Gasteiger partial charge in [0, 0.05) is 6.20 Å². The molecule has 0 unspecified atom stereocenters. The third-order valence-corrected chi connectivity index (χ3v) is 2.06. The molecule has 0 fully saturated rings. The Balaban J connectivity index is 2.60. The van der Waals surface area contributed by atoms with Crippen LogP contribution in [0, 0.1) is 10.1 Å². The van der Waals surface area contributed by atoms with Crippen LogP contribution in [0.25, 0.3) is 11.3 Å². The molecule has 2 N–H and O–H groups in total. The number of hydrogen-bond donors (Lipinski definition) is 1. The predicted octanol–water partition coefficient (Wildman–Crippen LogP) is 1.35. The minimum atomic E-state index is -0.876. The minimum Gasteiger partial charge on any atom is -0.395 e. The van der Waals surface area contributed by atoms with Crippen molar-refractivity contribution in [2.45, 2.75) is 0 Å². The molecule has 0 atom stereocenters. The topological polar surface area (TPSA) is 112 Å². The zero-order chi connectivity index (χ0) is 12.4. The molecule has 0 bridgehead atoms. The van der Waals surface area contributed by atoms with Gasteiger partial charge in [-0.1, -0.05) is 6.07 Å². The zero-order valence-corrected chi connectivity index (χ0v) is 8.49. The maximum Gasteiger partial charge on any atom is 0.434 e. The van der Waals surface area contributed by atoms with Crippen molar-refractivity contribution in [1.82, 2.24) is 4.98 Å². The van der Waals surface area contributed by atoms with E-state index in [1.807, 2.05) is 0 Å². The molecule has 0 aliphatic rings. The monoisotopic (exact) mass is 233 g/mol. The molecule has 0 radical (unpaired) electrons. The average molecular weight is 233 g/mol. The number of furan rings is 1. The highest BCUT2D eigenvalue weighted by Gasteiger charge is 2.23. The maximum absolute atomic E-state index is 11.1. The Morgan fingerprint density at radius 1 is 1.47 bits per heavy atom. The van der Waals surface area contributed by atoms with Gasteiger partial charge < -0.3 is 10.2 Å². The van der Waals surface area contributed by atoms with Crippen LogP contribution in [-0.4, -0.2) is 15.8 Å². The predicted molar refractivity (Wildman–Crippen MR) is 57.1 cm³/mol. The van der Waals surface area contributed by atoms with Crippen LogP contribution < -0.4 is 5.73 Å². The van der Waals surface area contributed by atoms with E-state index in [0.717, 1.165) is 6.07 Å². The van der Waals surface area contributed by atoms with Crippen molar-refractivity contribution in [2.75, 3.05) is 0 Å². The number of nitrogens with zero attached hydrogens (tertiary/aromatic N) is 2. The number of carbonyl (C=O) groups excluding carboxylic acids is 1. The van der Waals surface area contributed by atoms with Crippen LogP contribution >= 0.6 is 0 Å². The molecule has 7 heteroatoms. The molecule has 0 saturated carbocycles. The molecule has 2 heterocycles. The number of rotatable bonds is 3. The van der Waals surface area contributed by atoms with Crippen molar-refractivity contribution in [1.29, 1.82) is 0 Å². The van der Waals surface area contributed by atoms with Crippen molar-refractivity contribution in [2.24, 2.45) is 5.73 Å². The Labute approximate surface area is 95.0 Å². The number of nitrogens with two attached hydrogens (primary N) is 1. The molecule has 7 nitrogen and oxygen atoms in total. The van der Waals surface area contributed by atoms with E-state index in [1.165, 1.54) is 6.20 Å². The zero-order valence-electron chi connectivity index (χ0n) is 8.49. The van der Waals surface area contributed by atoms with Gasteiger partial charge in [-0.15, -0.1) is 0 Å². The minimum absolute atomic E-state index is 0.213. The largest absolute Gasteiger partial charge is 0.434 e. The van der Waals surface area contributed by atoms with Crippen molar-refractivity contribution >= 4 is 11.8 Å². The Hall–Kier alpha value is -2.70. The van der Waals surface area contributed by atoms with Crippen LogP contribution in [0.2, 0.25) is 0 Å². The number of primary amides is 1. The van der Waals surface area contributed by atoms with Crippen molar-refractivity contribution in [3.05, 3.63) is 46.3 Å². The van der Waals surface area contributed by atoms with E-state index in [0.29, 0.717) is 5.69 Å². The van der Waals surface area contributed by atoms with E-state index in [2.05, 4.69) is 4.98 Å². The highest BCUT2D eigenvalue weighted by Crippen LogP contribution is 2.29. The summed E-state index contributed by atoms with van der Waals surface area (Å²) < 4.78 is 4.78. The van der Waals surface area contributed by atoms with Crippen LogP contribution in [0.5, 0.6) is 0 Å². The SMILES string of the molecule is NC(=O)c1oc([N+](=O)[O-])cc1-c1ccccn1. The molecule has 0 aliphatic carbocycles. The van der Waals surface area contributed by atoms with E-state index in [-0.39, 0.29) is 11.3 Å². The molecule has 0 spiro atoms. The van der Waals surface area contributed by atoms with Gasteiger partial charge >= 0.3 is 5.88 Å². The van der Waals surface area contributed by atoms with Crippen molar-refractivity contribution < 1.29 is 14.1 Å². The van der Waals surface area contributed by atoms with E-state index >= 15 is 0 Å². The lowest BCUT2D eigenvalue weighted by molar-refractivity contribution is -0.402. The number of carbonyl (C=O) groups is 1. The van der Waals surface area contributed by atoms with E-state index in [9.17, 15) is 14.9 Å². The van der Waals surface area contributed by atoms with Gasteiger partial charge in [-0.2, -0.15) is 0 Å². The molecule has 2 rings (SSSR count). The summed E-state index contributed by atoms with van der Waals surface area (Å²) in [6.45, 7) is 0. The summed E-state index contributed by atoms with van der Waals surface area (Å²) in [5.41, 5.74) is 5.68. The summed E-state index contributed by atoms with van der Waals surface area (Å²) in [7, 11) is 0. The molecule has 1 amide bonds. The lowest BCUT2D eigenvalue weighted by Gasteiger charge is -1.96. The fraction of sp³-hybridized carbons (Fsp3) is 0. The normalized spacial score (nSPS) is 10.1. The van der Waals surface area contributed by atoms with E-state index in [1.54, 1.807) is 18.2 Å². The van der Waals surface area contributed by atoms with E-state index in [4.69, 9.17) is 10.2 Å². The lowest BCUT2D eigenvalue weighted by atomic mass is 10.1. The lowest BCUT2D eigenvalue weighted by Crippen LogP contribution is -2.10. The van der Waals surface area contributed by atoms with Crippen LogP contribution in [0.15, 0.2) is 34.9 Å². The molecular weight excluding hydrogens is 226 g/mol. The summed E-state index contributed by atoms with van der Waals surface area (Å²) in [5, 5.41) is 10.6. The second-order valence-electron chi connectivity index (χ2n) is 3.16. The number of amides is 1. The Morgan fingerprint density at radius 2 is 2.24 bits per heavy atom. The smallest absolute Gasteiger partial charge is 0.395 e. The highest BCUT2D eigenvalue weighted by atomic mass is 16.6. The van der Waals surface area contributed by atoms with Gasteiger partial charge in [0.2, 0.25) is 5.76 Å². The first-order valence-electron chi connectivity index (χ1n) is 4.59. The van der Waals surface area contributed by atoms with Crippen molar-refractivity contribution in [3.8, 4) is 11.3 Å². The first-order valence-corrected chi connectivity index (χ1v) is 4.59. The summed E-state index contributed by atoms with van der Waals surface area (Å²) >= 11 is 0. The van der Waals surface area contributed by atoms with Gasteiger partial charge in [0.05, 0.1) is 17.3 Å². The molecule has 2 aromatic heterocycles. The molecule has 0 saturated heterocycles. The number of nitro groups is 1. The first-order chi connectivity index (χ1) is 8.09. The average Bonchev–Trinajstić information content (AvgIpc) is 2.75. The molecular formula is C10H7N3O4. The van der Waals surface area contributed by atoms with Crippen LogP contribution in [0.1, 0.15) is 10.6 Å².